The van der Waals surface area contributed by atoms with Crippen LogP contribution in [0.2, 0.25) is 0 Å². The third-order valence-corrected chi connectivity index (χ3v) is 3.17. The van der Waals surface area contributed by atoms with Crippen molar-refractivity contribution in [2.24, 2.45) is 5.41 Å². The number of hydrogen-bond acceptors (Lipinski definition) is 4. The second-order valence-electron chi connectivity index (χ2n) is 5.27. The summed E-state index contributed by atoms with van der Waals surface area (Å²) in [7, 11) is 0. The van der Waals surface area contributed by atoms with E-state index in [2.05, 4.69) is 15.6 Å². The smallest absolute Gasteiger partial charge is 0.326 e. The van der Waals surface area contributed by atoms with Gasteiger partial charge in [0, 0.05) is 18.3 Å². The molecule has 7 heteroatoms. The van der Waals surface area contributed by atoms with Gasteiger partial charge >= 0.3 is 12.0 Å². The van der Waals surface area contributed by atoms with Gasteiger partial charge in [0.1, 0.15) is 6.04 Å². The monoisotopic (exact) mass is 285 g/mol. The summed E-state index contributed by atoms with van der Waals surface area (Å²) in [5.41, 5.74) is 2.10. The fraction of sp³-hybridized carbons (Fsp3) is 0.583. The molecule has 1 heterocycles. The first kappa shape index (κ1) is 15.4. The predicted octanol–water partition coefficient (Wildman–Crippen LogP) is 1.48. The number of thiazole rings is 1. The fourth-order valence-electron chi connectivity index (χ4n) is 1.50. The Labute approximate surface area is 116 Å². The molecule has 2 amide bonds. The Morgan fingerprint density at radius 1 is 1.47 bits per heavy atom. The number of carboxylic acids is 1. The number of carbonyl (C=O) groups excluding carboxylic acids is 1. The van der Waals surface area contributed by atoms with Crippen molar-refractivity contribution in [3.8, 4) is 0 Å². The lowest BCUT2D eigenvalue weighted by Gasteiger charge is -2.27. The van der Waals surface area contributed by atoms with Crippen molar-refractivity contribution in [1.82, 2.24) is 15.6 Å². The summed E-state index contributed by atoms with van der Waals surface area (Å²) in [6.07, 6.45) is 0.629. The molecule has 1 aromatic rings. The summed E-state index contributed by atoms with van der Waals surface area (Å²) in [5, 5.41) is 16.1. The largest absolute Gasteiger partial charge is 0.480 e. The maximum absolute atomic E-state index is 11.6. The molecular weight excluding hydrogens is 266 g/mol. The molecule has 0 spiro atoms. The van der Waals surface area contributed by atoms with Crippen LogP contribution >= 0.6 is 11.3 Å². The maximum atomic E-state index is 11.6. The lowest BCUT2D eigenvalue weighted by atomic mass is 9.87. The molecule has 1 rings (SSSR count). The lowest BCUT2D eigenvalue weighted by Crippen LogP contribution is -2.52. The number of aromatic nitrogens is 1. The number of carbonyl (C=O) groups is 2. The molecule has 0 bridgehead atoms. The van der Waals surface area contributed by atoms with Crippen molar-refractivity contribution in [2.45, 2.75) is 33.2 Å². The van der Waals surface area contributed by atoms with E-state index in [4.69, 9.17) is 5.11 Å². The molecule has 3 N–H and O–H groups in total. The summed E-state index contributed by atoms with van der Waals surface area (Å²) in [5.74, 6) is -1.04. The SMILES string of the molecule is CC(C)(C)[C@H](NC(=O)NCCc1cscn1)C(=O)O. The van der Waals surface area contributed by atoms with Gasteiger partial charge in [0.2, 0.25) is 0 Å². The minimum Gasteiger partial charge on any atom is -0.480 e. The van der Waals surface area contributed by atoms with Gasteiger partial charge in [-0.15, -0.1) is 11.3 Å². The Bertz CT molecular complexity index is 426. The number of aliphatic carboxylic acids is 1. The van der Waals surface area contributed by atoms with E-state index in [0.717, 1.165) is 5.69 Å². The quantitative estimate of drug-likeness (QED) is 0.764. The zero-order chi connectivity index (χ0) is 14.5. The number of nitrogens with one attached hydrogen (secondary N) is 2. The van der Waals surface area contributed by atoms with Crippen LogP contribution < -0.4 is 10.6 Å². The Morgan fingerprint density at radius 2 is 2.16 bits per heavy atom. The molecular formula is C12H19N3O3S. The molecule has 0 aromatic carbocycles. The molecule has 0 aliphatic rings. The van der Waals surface area contributed by atoms with Gasteiger partial charge in [0.15, 0.2) is 0 Å². The van der Waals surface area contributed by atoms with Crippen molar-refractivity contribution in [3.63, 3.8) is 0 Å². The highest BCUT2D eigenvalue weighted by Gasteiger charge is 2.32. The van der Waals surface area contributed by atoms with Gasteiger partial charge in [0.05, 0.1) is 11.2 Å². The molecule has 19 heavy (non-hydrogen) atoms. The Balaban J connectivity index is 2.39. The first-order valence-corrected chi connectivity index (χ1v) is 6.89. The first-order chi connectivity index (χ1) is 8.80. The number of urea groups is 1. The molecule has 0 fully saturated rings. The van der Waals surface area contributed by atoms with Gasteiger partial charge in [-0.25, -0.2) is 14.6 Å². The summed E-state index contributed by atoms with van der Waals surface area (Å²) in [6, 6.07) is -1.40. The molecule has 0 saturated carbocycles. The van der Waals surface area contributed by atoms with Gasteiger partial charge in [-0.2, -0.15) is 0 Å². The number of carboxylic acid groups (broad SMARTS) is 1. The molecule has 106 valence electrons. The van der Waals surface area contributed by atoms with E-state index in [1.165, 1.54) is 11.3 Å². The highest BCUT2D eigenvalue weighted by Crippen LogP contribution is 2.19. The third-order valence-electron chi connectivity index (χ3n) is 2.54. The zero-order valence-corrected chi connectivity index (χ0v) is 12.1. The molecule has 0 aliphatic carbocycles. The summed E-state index contributed by atoms with van der Waals surface area (Å²) in [4.78, 5) is 26.8. The van der Waals surface area contributed by atoms with Crippen molar-refractivity contribution in [1.29, 1.82) is 0 Å². The number of nitrogens with zero attached hydrogens (tertiary/aromatic N) is 1. The summed E-state index contributed by atoms with van der Waals surface area (Å²) in [6.45, 7) is 5.72. The van der Waals surface area contributed by atoms with E-state index in [1.54, 1.807) is 26.3 Å². The van der Waals surface area contributed by atoms with Crippen LogP contribution in [0.1, 0.15) is 26.5 Å². The minimum absolute atomic E-state index is 0.423. The third kappa shape index (κ3) is 5.25. The van der Waals surface area contributed by atoms with E-state index in [0.29, 0.717) is 13.0 Å². The molecule has 0 saturated heterocycles. The summed E-state index contributed by atoms with van der Waals surface area (Å²) >= 11 is 1.50. The summed E-state index contributed by atoms with van der Waals surface area (Å²) < 4.78 is 0. The first-order valence-electron chi connectivity index (χ1n) is 5.95. The van der Waals surface area contributed by atoms with Crippen molar-refractivity contribution in [3.05, 3.63) is 16.6 Å². The lowest BCUT2D eigenvalue weighted by molar-refractivity contribution is -0.141. The normalized spacial score (nSPS) is 12.8. The Hall–Kier alpha value is -1.63. The Kier molecular flexibility index (Phi) is 5.29. The van der Waals surface area contributed by atoms with E-state index >= 15 is 0 Å². The predicted molar refractivity (Wildman–Crippen MR) is 73.2 cm³/mol. The van der Waals surface area contributed by atoms with Gasteiger partial charge in [-0.1, -0.05) is 20.8 Å². The zero-order valence-electron chi connectivity index (χ0n) is 11.3. The average Bonchev–Trinajstić information content (AvgIpc) is 2.77. The van der Waals surface area contributed by atoms with Crippen LogP contribution in [0, 0.1) is 5.41 Å². The standard InChI is InChI=1S/C12H19N3O3S/c1-12(2,3)9(10(16)17)15-11(18)13-5-4-8-6-19-7-14-8/h6-7,9H,4-5H2,1-3H3,(H,16,17)(H2,13,15,18)/t9-/m1/s1. The molecule has 1 aromatic heterocycles. The van der Waals surface area contributed by atoms with Crippen LogP contribution in [-0.2, 0) is 11.2 Å². The van der Waals surface area contributed by atoms with Crippen LogP contribution in [0.15, 0.2) is 10.9 Å². The second kappa shape index (κ2) is 6.51. The van der Waals surface area contributed by atoms with E-state index in [9.17, 15) is 9.59 Å². The van der Waals surface area contributed by atoms with E-state index in [1.807, 2.05) is 5.38 Å². The van der Waals surface area contributed by atoms with Crippen LogP contribution in [0.25, 0.3) is 0 Å². The van der Waals surface area contributed by atoms with Gasteiger partial charge < -0.3 is 15.7 Å². The minimum atomic E-state index is -1.04. The Morgan fingerprint density at radius 3 is 2.63 bits per heavy atom. The van der Waals surface area contributed by atoms with E-state index < -0.39 is 23.5 Å². The highest BCUT2D eigenvalue weighted by molar-refractivity contribution is 7.07. The van der Waals surface area contributed by atoms with Crippen LogP contribution in [0.3, 0.4) is 0 Å². The second-order valence-corrected chi connectivity index (χ2v) is 5.99. The van der Waals surface area contributed by atoms with E-state index in [-0.39, 0.29) is 0 Å². The number of rotatable bonds is 5. The van der Waals surface area contributed by atoms with Gasteiger partial charge in [-0.05, 0) is 5.41 Å². The van der Waals surface area contributed by atoms with Gasteiger partial charge in [-0.3, -0.25) is 0 Å². The van der Waals surface area contributed by atoms with Gasteiger partial charge in [0.25, 0.3) is 0 Å². The average molecular weight is 285 g/mol. The number of amides is 2. The van der Waals surface area contributed by atoms with Crippen molar-refractivity contribution >= 4 is 23.3 Å². The van der Waals surface area contributed by atoms with Crippen LogP contribution in [0.4, 0.5) is 4.79 Å². The van der Waals surface area contributed by atoms with Crippen molar-refractivity contribution in [2.75, 3.05) is 6.54 Å². The highest BCUT2D eigenvalue weighted by atomic mass is 32.1. The number of hydrogen-bond donors (Lipinski definition) is 3. The molecule has 1 atom stereocenters. The maximum Gasteiger partial charge on any atom is 0.326 e. The molecule has 0 aliphatic heterocycles. The molecule has 6 nitrogen and oxygen atoms in total. The topological polar surface area (TPSA) is 91.3 Å². The van der Waals surface area contributed by atoms with Crippen molar-refractivity contribution < 1.29 is 14.7 Å². The van der Waals surface area contributed by atoms with Crippen LogP contribution in [0.5, 0.6) is 0 Å². The van der Waals surface area contributed by atoms with Crippen LogP contribution in [-0.4, -0.2) is 34.7 Å². The molecule has 0 radical (unpaired) electrons. The fourth-order valence-corrected chi connectivity index (χ4v) is 2.09. The molecule has 0 unspecified atom stereocenters.